The number of aromatic nitrogens is 6. The monoisotopic (exact) mass is 1120 g/mol. The summed E-state index contributed by atoms with van der Waals surface area (Å²) in [5, 5.41) is 41.7. The number of amides is 2. The molecule has 6 heterocycles. The van der Waals surface area contributed by atoms with Crippen LogP contribution in [0.25, 0.3) is 11.1 Å². The first-order chi connectivity index (χ1) is 37.0. The van der Waals surface area contributed by atoms with E-state index in [1.54, 1.807) is 42.6 Å². The number of anilines is 2. The van der Waals surface area contributed by atoms with E-state index in [-0.39, 0.29) is 41.3 Å². The molecule has 4 aliphatic rings. The maximum atomic E-state index is 13.2. The first kappa shape index (κ1) is 57.3. The molecule has 0 spiro atoms. The summed E-state index contributed by atoms with van der Waals surface area (Å²) in [7, 11) is 1.40. The average molecular weight is 1120 g/mol. The number of benzene rings is 2. The van der Waals surface area contributed by atoms with E-state index < -0.39 is 7.12 Å². The van der Waals surface area contributed by atoms with Crippen LogP contribution in [-0.4, -0.2) is 134 Å². The molecule has 7 N–H and O–H groups in total. The summed E-state index contributed by atoms with van der Waals surface area (Å²) in [5.41, 5.74) is 16.9. The van der Waals surface area contributed by atoms with Crippen molar-refractivity contribution >= 4 is 58.4 Å². The molecule has 2 amide bonds. The molecule has 0 atom stereocenters. The number of nitrogens with zero attached hydrogens (tertiary/aromatic N) is 8. The van der Waals surface area contributed by atoms with E-state index in [2.05, 4.69) is 60.1 Å². The second kappa shape index (κ2) is 26.6. The molecule has 2 saturated heterocycles. The number of nitrogens with two attached hydrogens (primary N) is 2. The predicted molar refractivity (Wildman–Crippen MR) is 294 cm³/mol. The first-order valence-electron chi connectivity index (χ1n) is 25.4. The average Bonchev–Trinajstić information content (AvgIpc) is 4.40. The minimum atomic E-state index is -1.65. The van der Waals surface area contributed by atoms with Gasteiger partial charge < -0.3 is 55.4 Å². The van der Waals surface area contributed by atoms with Gasteiger partial charge in [0.05, 0.1) is 38.8 Å². The highest BCUT2D eigenvalue weighted by atomic mass is 79.9. The lowest BCUT2D eigenvalue weighted by molar-refractivity contribution is -0.122. The zero-order valence-corrected chi connectivity index (χ0v) is 45.3. The van der Waals surface area contributed by atoms with E-state index in [1.807, 2.05) is 59.5 Å². The van der Waals surface area contributed by atoms with E-state index in [4.69, 9.17) is 40.3 Å². The third kappa shape index (κ3) is 16.3. The van der Waals surface area contributed by atoms with Crippen LogP contribution in [-0.2, 0) is 4.79 Å². The lowest BCUT2D eigenvalue weighted by atomic mass is 9.79. The number of methoxy groups -OCH3 is 2. The Morgan fingerprint density at radius 3 is 1.51 bits per heavy atom. The largest absolute Gasteiger partial charge is 0.497 e. The number of carboxylic acid groups (broad SMARTS) is 1. The molecule has 4 aromatic heterocycles. The zero-order chi connectivity index (χ0) is 55.1. The van der Waals surface area contributed by atoms with E-state index in [0.717, 1.165) is 65.2 Å². The van der Waals surface area contributed by atoms with Crippen molar-refractivity contribution in [2.24, 2.45) is 10.8 Å². The Morgan fingerprint density at radius 2 is 1.12 bits per heavy atom. The van der Waals surface area contributed by atoms with E-state index in [9.17, 15) is 19.6 Å². The fourth-order valence-corrected chi connectivity index (χ4v) is 8.90. The van der Waals surface area contributed by atoms with Gasteiger partial charge in [-0.1, -0.05) is 19.9 Å². The molecule has 20 nitrogen and oxygen atoms in total. The van der Waals surface area contributed by atoms with E-state index in [1.165, 1.54) is 44.9 Å². The van der Waals surface area contributed by atoms with Crippen molar-refractivity contribution in [3.63, 3.8) is 0 Å². The molecule has 4 fully saturated rings. The molecule has 0 radical (unpaired) electrons. The predicted octanol–water partition coefficient (Wildman–Crippen LogP) is 6.82. The molecular weight excluding hydrogens is 1050 g/mol. The minimum Gasteiger partial charge on any atom is -0.497 e. The van der Waals surface area contributed by atoms with Gasteiger partial charge in [-0.15, -0.1) is 10.2 Å². The van der Waals surface area contributed by atoms with Crippen LogP contribution in [0.15, 0.2) is 102 Å². The van der Waals surface area contributed by atoms with Crippen LogP contribution in [0.5, 0.6) is 23.3 Å². The van der Waals surface area contributed by atoms with Crippen LogP contribution >= 0.6 is 15.9 Å². The number of pyridine rings is 2. The van der Waals surface area contributed by atoms with Crippen molar-refractivity contribution in [3.05, 3.63) is 124 Å². The third-order valence-electron chi connectivity index (χ3n) is 14.1. The van der Waals surface area contributed by atoms with E-state index >= 15 is 0 Å². The summed E-state index contributed by atoms with van der Waals surface area (Å²) >= 11 is 3.33. The fourth-order valence-electron chi connectivity index (χ4n) is 8.67. The summed E-state index contributed by atoms with van der Waals surface area (Å²) < 4.78 is 23.2. The van der Waals surface area contributed by atoms with Crippen LogP contribution in [0.3, 0.4) is 0 Å². The van der Waals surface area contributed by atoms with Crippen LogP contribution < -0.4 is 35.9 Å². The Bertz CT molecular complexity index is 2880. The van der Waals surface area contributed by atoms with Gasteiger partial charge in [0, 0.05) is 106 Å². The molecule has 2 aliphatic carbocycles. The highest BCUT2D eigenvalue weighted by Gasteiger charge is 2.39. The van der Waals surface area contributed by atoms with E-state index in [0.29, 0.717) is 78.0 Å². The Morgan fingerprint density at radius 1 is 0.662 bits per heavy atom. The second-order valence-electron chi connectivity index (χ2n) is 20.1. The van der Waals surface area contributed by atoms with Crippen molar-refractivity contribution in [3.8, 4) is 34.4 Å². The Balaban J connectivity index is 0.000000179. The molecule has 0 bridgehead atoms. The Hall–Kier alpha value is -7.43. The number of carbonyl (C=O) groups is 3. The zero-order valence-electron chi connectivity index (χ0n) is 43.8. The van der Waals surface area contributed by atoms with Gasteiger partial charge in [0.1, 0.15) is 23.1 Å². The van der Waals surface area contributed by atoms with Crippen LogP contribution in [0.1, 0.15) is 109 Å². The standard InChI is InChI=1S/C27H31N5O3.C17H21BN4O4.C10H12BrNO.CH2O2/c1-27(11-12-27)17-35-25-8-4-20(16-29-25)21-5-3-19(15-23(21)34-2)26(33)32-13-9-18(10-14-32)22-6-7-24(28)31-30-22;1-26-15-10-12(2-3-13(15)18(24)25)17(23)22-8-6-11(7-9-22)14-4-5-16(19)21-20-14;1-10(4-5-10)7-13-9-3-2-8(11)6-12-9;2-1-3/h3-8,15-16,18H,9-14,17H2,1-2H3,(H2,28,31);2-5,10-11,24-25H,6-9H2,1H3,(H2,19,21);2-3,6H,4-5,7H2,1H3;1H,(H,2,3). The number of rotatable bonds is 14. The summed E-state index contributed by atoms with van der Waals surface area (Å²) in [4.78, 5) is 46.6. The number of hydrogen-bond acceptors (Lipinski definition) is 17. The molecule has 22 heteroatoms. The van der Waals surface area contributed by atoms with Gasteiger partial charge in [-0.3, -0.25) is 14.4 Å². The van der Waals surface area contributed by atoms with Crippen molar-refractivity contribution in [2.45, 2.75) is 77.0 Å². The van der Waals surface area contributed by atoms with Crippen molar-refractivity contribution < 1.29 is 48.5 Å². The Kier molecular flexibility index (Phi) is 19.8. The molecule has 2 saturated carbocycles. The minimum absolute atomic E-state index is 0.00661. The number of ether oxygens (including phenoxy) is 4. The second-order valence-corrected chi connectivity index (χ2v) is 21.1. The molecule has 10 rings (SSSR count). The molecule has 406 valence electrons. The number of halogens is 1. The van der Waals surface area contributed by atoms with Gasteiger partial charge in [0.2, 0.25) is 11.8 Å². The van der Waals surface area contributed by atoms with Crippen LogP contribution in [0, 0.1) is 10.8 Å². The molecule has 77 heavy (non-hydrogen) atoms. The summed E-state index contributed by atoms with van der Waals surface area (Å²) in [5.74, 6) is 3.52. The maximum Gasteiger partial charge on any atom is 0.492 e. The van der Waals surface area contributed by atoms with Crippen LogP contribution in [0.2, 0.25) is 0 Å². The SMILES string of the molecule is CC1(COc2ccc(Br)cn2)CC1.COc1cc(C(=O)N2CCC(c3ccc(N)nn3)CC2)ccc1-c1ccc(OCC2(C)CC2)nc1.COc1cc(C(=O)N2CCC(c3ccc(N)nn3)CC2)ccc1B(O)O.O=CO. The molecule has 6 aromatic rings. The lowest BCUT2D eigenvalue weighted by Gasteiger charge is -2.31. The Labute approximate surface area is 456 Å². The van der Waals surface area contributed by atoms with Gasteiger partial charge >= 0.3 is 7.12 Å². The number of likely N-dealkylation sites (tertiary alicyclic amines) is 2. The quantitative estimate of drug-likeness (QED) is 0.0552. The normalized spacial score (nSPS) is 16.1. The summed E-state index contributed by atoms with van der Waals surface area (Å²) in [6.45, 7) is 8.28. The fraction of sp³-hybridized carbons (Fsp3) is 0.400. The van der Waals surface area contributed by atoms with Crippen molar-refractivity contribution in [1.29, 1.82) is 0 Å². The maximum absolute atomic E-state index is 13.2. The molecular formula is C55H66BBrN10O10. The third-order valence-corrected chi connectivity index (χ3v) is 14.6. The number of piperidine rings is 2. The van der Waals surface area contributed by atoms with Crippen molar-refractivity contribution in [2.75, 3.05) is 65.1 Å². The lowest BCUT2D eigenvalue weighted by Crippen LogP contribution is -2.38. The van der Waals surface area contributed by atoms with Gasteiger partial charge in [-0.25, -0.2) is 9.97 Å². The summed E-state index contributed by atoms with van der Waals surface area (Å²) in [6, 6.07) is 25.2. The molecule has 2 aliphatic heterocycles. The molecule has 2 aromatic carbocycles. The van der Waals surface area contributed by atoms with Gasteiger partial charge in [-0.05, 0) is 134 Å². The first-order valence-corrected chi connectivity index (χ1v) is 26.2. The highest BCUT2D eigenvalue weighted by Crippen LogP contribution is 2.46. The number of hydrogen-bond donors (Lipinski definition) is 5. The number of carbonyl (C=O) groups excluding carboxylic acids is 2. The van der Waals surface area contributed by atoms with Crippen molar-refractivity contribution in [1.82, 2.24) is 40.2 Å². The molecule has 0 unspecified atom stereocenters. The number of nitrogen functional groups attached to an aromatic ring is 2. The smallest absolute Gasteiger partial charge is 0.492 e. The highest BCUT2D eigenvalue weighted by molar-refractivity contribution is 9.10. The topological polar surface area (TPSA) is 285 Å². The van der Waals surface area contributed by atoms with Gasteiger partial charge in [0.15, 0.2) is 0 Å². The van der Waals surface area contributed by atoms with Crippen LogP contribution in [0.4, 0.5) is 11.6 Å². The van der Waals surface area contributed by atoms with Gasteiger partial charge in [0.25, 0.3) is 18.3 Å². The summed E-state index contributed by atoms with van der Waals surface area (Å²) in [6.07, 6.45) is 11.8. The van der Waals surface area contributed by atoms with Gasteiger partial charge in [-0.2, -0.15) is 10.2 Å².